The topological polar surface area (TPSA) is 57.8 Å². The van der Waals surface area contributed by atoms with E-state index < -0.39 is 0 Å². The van der Waals surface area contributed by atoms with Crippen molar-refractivity contribution in [1.82, 2.24) is 14.3 Å². The summed E-state index contributed by atoms with van der Waals surface area (Å²) < 4.78 is 1.67. The number of piperidine rings is 1. The Morgan fingerprint density at radius 2 is 2.10 bits per heavy atom. The number of aryl methyl sites for hydroxylation is 1. The van der Waals surface area contributed by atoms with Crippen molar-refractivity contribution in [3.63, 3.8) is 0 Å². The molecule has 2 aromatic heterocycles. The van der Waals surface area contributed by atoms with Crippen LogP contribution in [0.5, 0.6) is 0 Å². The second-order valence-corrected chi connectivity index (χ2v) is 7.10. The maximum atomic E-state index is 12.2. The fourth-order valence-corrected chi connectivity index (χ4v) is 4.76. The van der Waals surface area contributed by atoms with Crippen molar-refractivity contribution in [2.75, 3.05) is 0 Å². The van der Waals surface area contributed by atoms with Crippen LogP contribution in [0.4, 0.5) is 0 Å². The van der Waals surface area contributed by atoms with E-state index in [4.69, 9.17) is 0 Å². The lowest BCUT2D eigenvalue weighted by Gasteiger charge is -2.36. The van der Waals surface area contributed by atoms with Crippen molar-refractivity contribution in [2.45, 2.75) is 57.3 Å². The SMILES string of the molecule is Cc1csc2nc(CN3C4CCC3CC(O)C4)cc(=O)n12. The van der Waals surface area contributed by atoms with Crippen molar-refractivity contribution in [2.24, 2.45) is 0 Å². The molecule has 0 saturated carbocycles. The van der Waals surface area contributed by atoms with Gasteiger partial charge in [0.25, 0.3) is 5.56 Å². The Balaban J connectivity index is 1.65. The second kappa shape index (κ2) is 4.90. The smallest absolute Gasteiger partial charge is 0.259 e. The van der Waals surface area contributed by atoms with Crippen LogP contribution in [-0.2, 0) is 6.54 Å². The molecular weight excluding hydrogens is 286 g/mol. The molecule has 2 bridgehead atoms. The largest absolute Gasteiger partial charge is 0.393 e. The Hall–Kier alpha value is -1.24. The lowest BCUT2D eigenvalue weighted by molar-refractivity contribution is 0.0304. The molecule has 2 saturated heterocycles. The van der Waals surface area contributed by atoms with Crippen LogP contribution in [0, 0.1) is 6.92 Å². The summed E-state index contributed by atoms with van der Waals surface area (Å²) in [5.74, 6) is 0. The van der Waals surface area contributed by atoms with Crippen LogP contribution in [0.15, 0.2) is 16.2 Å². The van der Waals surface area contributed by atoms with E-state index in [9.17, 15) is 9.90 Å². The zero-order valence-corrected chi connectivity index (χ0v) is 12.8. The van der Waals surface area contributed by atoms with Gasteiger partial charge in [0.2, 0.25) is 0 Å². The van der Waals surface area contributed by atoms with Crippen LogP contribution in [0.3, 0.4) is 0 Å². The molecule has 0 spiro atoms. The number of hydrogen-bond acceptors (Lipinski definition) is 5. The van der Waals surface area contributed by atoms with Crippen LogP contribution in [0.2, 0.25) is 0 Å². The van der Waals surface area contributed by atoms with Crippen molar-refractivity contribution >= 4 is 16.3 Å². The Morgan fingerprint density at radius 3 is 2.81 bits per heavy atom. The normalized spacial score (nSPS) is 29.3. The highest BCUT2D eigenvalue weighted by Crippen LogP contribution is 2.36. The third-order valence-electron chi connectivity index (χ3n) is 4.83. The van der Waals surface area contributed by atoms with Gasteiger partial charge in [-0.2, -0.15) is 0 Å². The summed E-state index contributed by atoms with van der Waals surface area (Å²) >= 11 is 1.52. The number of aromatic nitrogens is 2. The predicted molar refractivity (Wildman–Crippen MR) is 81.7 cm³/mol. The average molecular weight is 305 g/mol. The van der Waals surface area contributed by atoms with Crippen molar-refractivity contribution < 1.29 is 5.11 Å². The Labute approximate surface area is 126 Å². The first-order chi connectivity index (χ1) is 10.1. The first-order valence-corrected chi connectivity index (χ1v) is 8.40. The maximum Gasteiger partial charge on any atom is 0.259 e. The molecule has 2 unspecified atom stereocenters. The van der Waals surface area contributed by atoms with Gasteiger partial charge in [0.1, 0.15) is 0 Å². The summed E-state index contributed by atoms with van der Waals surface area (Å²) in [5.41, 5.74) is 1.81. The number of thiazole rings is 1. The van der Waals surface area contributed by atoms with Crippen LogP contribution >= 0.6 is 11.3 Å². The maximum absolute atomic E-state index is 12.2. The van der Waals surface area contributed by atoms with E-state index in [0.29, 0.717) is 12.1 Å². The van der Waals surface area contributed by atoms with Gasteiger partial charge in [-0.3, -0.25) is 14.1 Å². The van der Waals surface area contributed by atoms with Gasteiger partial charge in [-0.1, -0.05) is 0 Å². The predicted octanol–water partition coefficient (Wildman–Crippen LogP) is 1.55. The summed E-state index contributed by atoms with van der Waals surface area (Å²) in [4.78, 5) is 20.1. The highest BCUT2D eigenvalue weighted by atomic mass is 32.1. The molecule has 2 atom stereocenters. The van der Waals surface area contributed by atoms with E-state index in [1.807, 2.05) is 12.3 Å². The highest BCUT2D eigenvalue weighted by molar-refractivity contribution is 7.15. The van der Waals surface area contributed by atoms with Crippen LogP contribution in [0.1, 0.15) is 37.1 Å². The lowest BCUT2D eigenvalue weighted by atomic mass is 10.00. The molecule has 0 aliphatic carbocycles. The van der Waals surface area contributed by atoms with Gasteiger partial charge in [0.05, 0.1) is 11.8 Å². The van der Waals surface area contributed by atoms with Crippen LogP contribution in [0.25, 0.3) is 4.96 Å². The minimum absolute atomic E-state index is 0.0122. The van der Waals surface area contributed by atoms with E-state index in [1.54, 1.807) is 10.5 Å². The minimum Gasteiger partial charge on any atom is -0.393 e. The fraction of sp³-hybridized carbons (Fsp3) is 0.600. The van der Waals surface area contributed by atoms with Gasteiger partial charge in [-0.15, -0.1) is 11.3 Å². The molecule has 112 valence electrons. The molecule has 2 fully saturated rings. The van der Waals surface area contributed by atoms with Gasteiger partial charge in [0, 0.05) is 35.8 Å². The summed E-state index contributed by atoms with van der Waals surface area (Å²) in [6, 6.07) is 2.56. The molecule has 4 rings (SSSR count). The van der Waals surface area contributed by atoms with E-state index >= 15 is 0 Å². The molecule has 2 aliphatic heterocycles. The highest BCUT2D eigenvalue weighted by Gasteiger charge is 2.40. The average Bonchev–Trinajstić information content (AvgIpc) is 2.90. The number of fused-ring (bicyclic) bond motifs is 3. The first-order valence-electron chi connectivity index (χ1n) is 7.52. The summed E-state index contributed by atoms with van der Waals surface area (Å²) in [7, 11) is 0. The molecule has 5 nitrogen and oxygen atoms in total. The number of aliphatic hydroxyl groups is 1. The molecule has 4 heterocycles. The first kappa shape index (κ1) is 13.4. The van der Waals surface area contributed by atoms with E-state index in [-0.39, 0.29) is 11.7 Å². The monoisotopic (exact) mass is 305 g/mol. The summed E-state index contributed by atoms with van der Waals surface area (Å²) in [6.45, 7) is 2.66. The van der Waals surface area contributed by atoms with Crippen LogP contribution in [-0.4, -0.2) is 37.6 Å². The quantitative estimate of drug-likeness (QED) is 0.914. The molecular formula is C15H19N3O2S. The molecule has 0 amide bonds. The zero-order valence-electron chi connectivity index (χ0n) is 12.0. The van der Waals surface area contributed by atoms with Gasteiger partial charge in [0.15, 0.2) is 4.96 Å². The third-order valence-corrected chi connectivity index (χ3v) is 5.78. The number of rotatable bonds is 2. The summed E-state index contributed by atoms with van der Waals surface area (Å²) in [5, 5.41) is 11.8. The lowest BCUT2D eigenvalue weighted by Crippen LogP contribution is -2.44. The van der Waals surface area contributed by atoms with Gasteiger partial charge < -0.3 is 5.11 Å². The van der Waals surface area contributed by atoms with Gasteiger partial charge in [-0.05, 0) is 32.6 Å². The fourth-order valence-electron chi connectivity index (χ4n) is 3.87. The molecule has 1 N–H and O–H groups in total. The van der Waals surface area contributed by atoms with Crippen molar-refractivity contribution in [3.05, 3.63) is 33.2 Å². The van der Waals surface area contributed by atoms with E-state index in [2.05, 4.69) is 9.88 Å². The molecule has 0 aromatic carbocycles. The van der Waals surface area contributed by atoms with E-state index in [0.717, 1.165) is 48.6 Å². The molecule has 21 heavy (non-hydrogen) atoms. The van der Waals surface area contributed by atoms with Crippen LogP contribution < -0.4 is 5.56 Å². The number of nitrogens with zero attached hydrogens (tertiary/aromatic N) is 3. The zero-order chi connectivity index (χ0) is 14.6. The summed E-state index contributed by atoms with van der Waals surface area (Å²) in [6.07, 6.45) is 3.87. The Bertz CT molecular complexity index is 724. The number of hydrogen-bond donors (Lipinski definition) is 1. The molecule has 6 heteroatoms. The molecule has 2 aliphatic rings. The Morgan fingerprint density at radius 1 is 1.38 bits per heavy atom. The third kappa shape index (κ3) is 2.22. The number of aliphatic hydroxyl groups excluding tert-OH is 1. The Kier molecular flexibility index (Phi) is 3.13. The van der Waals surface area contributed by atoms with Gasteiger partial charge >= 0.3 is 0 Å². The van der Waals surface area contributed by atoms with E-state index in [1.165, 1.54) is 11.3 Å². The minimum atomic E-state index is -0.153. The van der Waals surface area contributed by atoms with Crippen molar-refractivity contribution in [1.29, 1.82) is 0 Å². The van der Waals surface area contributed by atoms with Gasteiger partial charge in [-0.25, -0.2) is 4.98 Å². The standard InChI is InChI=1S/C15H19N3O2S/c1-9-8-21-15-16-10(4-14(20)18(9)15)7-17-11-2-3-12(17)6-13(19)5-11/h4,8,11-13,19H,2-3,5-7H2,1H3. The molecule has 2 aromatic rings. The molecule has 0 radical (unpaired) electrons. The van der Waals surface area contributed by atoms with Crippen molar-refractivity contribution in [3.8, 4) is 0 Å². The second-order valence-electron chi connectivity index (χ2n) is 6.26.